The van der Waals surface area contributed by atoms with Crippen molar-refractivity contribution in [1.82, 2.24) is 9.97 Å². The van der Waals surface area contributed by atoms with Crippen LogP contribution in [0.1, 0.15) is 24.2 Å². The number of rotatable bonds is 6. The Morgan fingerprint density at radius 1 is 1.56 bits per heavy atom. The van der Waals surface area contributed by atoms with Gasteiger partial charge in [-0.15, -0.1) is 0 Å². The van der Waals surface area contributed by atoms with Gasteiger partial charge in [-0.3, -0.25) is 5.41 Å². The number of anilines is 1. The molecule has 0 aromatic carbocycles. The fourth-order valence-electron chi connectivity index (χ4n) is 1.84. The summed E-state index contributed by atoms with van der Waals surface area (Å²) in [6.07, 6.45) is 2.33. The van der Waals surface area contributed by atoms with E-state index in [-0.39, 0.29) is 5.84 Å². The van der Waals surface area contributed by atoms with Crippen LogP contribution in [0.15, 0.2) is 6.07 Å². The number of aromatic nitrogens is 2. The van der Waals surface area contributed by atoms with Crippen LogP contribution >= 0.6 is 0 Å². The number of ether oxygens (including phenoxy) is 1. The van der Waals surface area contributed by atoms with Crippen LogP contribution in [0.2, 0.25) is 0 Å². The Morgan fingerprint density at radius 2 is 2.28 bits per heavy atom. The lowest BCUT2D eigenvalue weighted by atomic mass is 10.3. The Labute approximate surface area is 107 Å². The van der Waals surface area contributed by atoms with E-state index in [1.165, 1.54) is 0 Å². The number of aryl methyl sites for hydroxylation is 1. The lowest BCUT2D eigenvalue weighted by Crippen LogP contribution is -2.32. The molecule has 6 nitrogen and oxygen atoms in total. The molecule has 0 spiro atoms. The van der Waals surface area contributed by atoms with E-state index in [1.54, 1.807) is 13.2 Å². The first-order valence-electron chi connectivity index (χ1n) is 6.07. The molecule has 0 radical (unpaired) electrons. The molecule has 1 saturated carbocycles. The summed E-state index contributed by atoms with van der Waals surface area (Å²) >= 11 is 0. The van der Waals surface area contributed by atoms with Gasteiger partial charge in [0.25, 0.3) is 0 Å². The van der Waals surface area contributed by atoms with Gasteiger partial charge in [0.1, 0.15) is 11.5 Å². The smallest absolute Gasteiger partial charge is 0.226 e. The zero-order valence-corrected chi connectivity index (χ0v) is 10.8. The van der Waals surface area contributed by atoms with E-state index in [0.717, 1.165) is 25.1 Å². The van der Waals surface area contributed by atoms with Crippen molar-refractivity contribution < 1.29 is 4.74 Å². The zero-order chi connectivity index (χ0) is 13.1. The van der Waals surface area contributed by atoms with E-state index in [4.69, 9.17) is 15.9 Å². The van der Waals surface area contributed by atoms with Crippen LogP contribution in [-0.4, -0.2) is 42.1 Å². The molecule has 0 unspecified atom stereocenters. The molecule has 0 atom stereocenters. The number of amidine groups is 1. The fourth-order valence-corrected chi connectivity index (χ4v) is 1.84. The third kappa shape index (κ3) is 2.95. The minimum Gasteiger partial charge on any atom is -0.383 e. The summed E-state index contributed by atoms with van der Waals surface area (Å²) in [5, 5.41) is 7.48. The van der Waals surface area contributed by atoms with Crippen molar-refractivity contribution >= 4 is 11.8 Å². The second-order valence-corrected chi connectivity index (χ2v) is 4.53. The summed E-state index contributed by atoms with van der Waals surface area (Å²) in [5.74, 6) is 0.629. The maximum absolute atomic E-state index is 7.48. The molecule has 1 fully saturated rings. The second kappa shape index (κ2) is 5.30. The van der Waals surface area contributed by atoms with Gasteiger partial charge in [0, 0.05) is 25.4 Å². The largest absolute Gasteiger partial charge is 0.383 e. The molecule has 1 aliphatic rings. The molecule has 6 heteroatoms. The molecule has 1 heterocycles. The average molecular weight is 249 g/mol. The summed E-state index contributed by atoms with van der Waals surface area (Å²) in [5.41, 5.74) is 6.81. The van der Waals surface area contributed by atoms with E-state index in [0.29, 0.717) is 24.3 Å². The second-order valence-electron chi connectivity index (χ2n) is 4.53. The minimum absolute atomic E-state index is 0.0239. The number of hydrogen-bond donors (Lipinski definition) is 2. The molecule has 0 aliphatic heterocycles. The highest BCUT2D eigenvalue weighted by atomic mass is 16.5. The van der Waals surface area contributed by atoms with Gasteiger partial charge >= 0.3 is 0 Å². The molecule has 0 saturated heterocycles. The topological polar surface area (TPSA) is 88.1 Å². The van der Waals surface area contributed by atoms with E-state index in [9.17, 15) is 0 Å². The van der Waals surface area contributed by atoms with Crippen LogP contribution < -0.4 is 10.6 Å². The zero-order valence-electron chi connectivity index (χ0n) is 10.8. The number of nitrogens with zero attached hydrogens (tertiary/aromatic N) is 3. The highest BCUT2D eigenvalue weighted by molar-refractivity contribution is 5.93. The molecular weight excluding hydrogens is 230 g/mol. The average Bonchev–Trinajstić information content (AvgIpc) is 3.13. The summed E-state index contributed by atoms with van der Waals surface area (Å²) in [7, 11) is 1.68. The summed E-state index contributed by atoms with van der Waals surface area (Å²) < 4.78 is 5.12. The molecule has 1 aromatic rings. The number of nitrogens with two attached hydrogens (primary N) is 1. The summed E-state index contributed by atoms with van der Waals surface area (Å²) in [6.45, 7) is 3.30. The third-order valence-corrected chi connectivity index (χ3v) is 2.90. The molecule has 1 aromatic heterocycles. The van der Waals surface area contributed by atoms with Crippen molar-refractivity contribution in [3.05, 3.63) is 17.5 Å². The molecule has 0 bridgehead atoms. The monoisotopic (exact) mass is 249 g/mol. The molecular formula is C12H19N5O. The lowest BCUT2D eigenvalue weighted by Gasteiger charge is -2.22. The standard InChI is InChI=1S/C12H19N5O/c1-8-7-10(11(13)14)16-12(15-8)17(5-6-18-2)9-3-4-9/h7,9H,3-6H2,1-2H3,(H3,13,14). The van der Waals surface area contributed by atoms with Crippen molar-refractivity contribution in [3.63, 3.8) is 0 Å². The molecule has 98 valence electrons. The van der Waals surface area contributed by atoms with Gasteiger partial charge in [-0.05, 0) is 25.8 Å². The Kier molecular flexibility index (Phi) is 3.76. The SMILES string of the molecule is COCCN(c1nc(C)cc(C(=N)N)n1)C1CC1. The maximum Gasteiger partial charge on any atom is 0.226 e. The predicted octanol–water partition coefficient (Wildman–Crippen LogP) is 0.684. The predicted molar refractivity (Wildman–Crippen MR) is 70.0 cm³/mol. The van der Waals surface area contributed by atoms with E-state index >= 15 is 0 Å². The van der Waals surface area contributed by atoms with Gasteiger partial charge in [-0.25, -0.2) is 9.97 Å². The van der Waals surface area contributed by atoms with Gasteiger partial charge in [0.2, 0.25) is 5.95 Å². The first kappa shape index (κ1) is 12.8. The lowest BCUT2D eigenvalue weighted by molar-refractivity contribution is 0.204. The van der Waals surface area contributed by atoms with Gasteiger partial charge in [0.15, 0.2) is 0 Å². The maximum atomic E-state index is 7.48. The molecule has 0 amide bonds. The van der Waals surface area contributed by atoms with Crippen molar-refractivity contribution in [2.75, 3.05) is 25.2 Å². The number of methoxy groups -OCH3 is 1. The highest BCUT2D eigenvalue weighted by Gasteiger charge is 2.30. The quantitative estimate of drug-likeness (QED) is 0.572. The van der Waals surface area contributed by atoms with Gasteiger partial charge < -0.3 is 15.4 Å². The van der Waals surface area contributed by atoms with Gasteiger partial charge in [0.05, 0.1) is 6.61 Å². The van der Waals surface area contributed by atoms with Crippen molar-refractivity contribution in [1.29, 1.82) is 5.41 Å². The molecule has 1 aliphatic carbocycles. The summed E-state index contributed by atoms with van der Waals surface area (Å²) in [6, 6.07) is 2.23. The van der Waals surface area contributed by atoms with Crippen LogP contribution in [0.3, 0.4) is 0 Å². The third-order valence-electron chi connectivity index (χ3n) is 2.90. The summed E-state index contributed by atoms with van der Waals surface area (Å²) in [4.78, 5) is 10.9. The number of nitrogens with one attached hydrogen (secondary N) is 1. The van der Waals surface area contributed by atoms with Crippen LogP contribution in [-0.2, 0) is 4.74 Å². The van der Waals surface area contributed by atoms with Crippen molar-refractivity contribution in [3.8, 4) is 0 Å². The molecule has 2 rings (SSSR count). The van der Waals surface area contributed by atoms with E-state index < -0.39 is 0 Å². The Balaban J connectivity index is 2.25. The number of nitrogen functional groups attached to an aromatic ring is 1. The Hall–Kier alpha value is -1.69. The number of hydrogen-bond acceptors (Lipinski definition) is 5. The Bertz CT molecular complexity index is 444. The van der Waals surface area contributed by atoms with Crippen LogP contribution in [0.25, 0.3) is 0 Å². The molecule has 3 N–H and O–H groups in total. The van der Waals surface area contributed by atoms with E-state index in [2.05, 4.69) is 14.9 Å². The first-order chi connectivity index (χ1) is 8.61. The van der Waals surface area contributed by atoms with Gasteiger partial charge in [-0.2, -0.15) is 0 Å². The van der Waals surface area contributed by atoms with Crippen molar-refractivity contribution in [2.45, 2.75) is 25.8 Å². The normalized spacial score (nSPS) is 14.6. The van der Waals surface area contributed by atoms with Crippen molar-refractivity contribution in [2.24, 2.45) is 5.73 Å². The minimum atomic E-state index is -0.0239. The first-order valence-corrected chi connectivity index (χ1v) is 6.07. The van der Waals surface area contributed by atoms with E-state index in [1.807, 2.05) is 6.92 Å². The van der Waals surface area contributed by atoms with Crippen LogP contribution in [0.4, 0.5) is 5.95 Å². The van der Waals surface area contributed by atoms with Gasteiger partial charge in [-0.1, -0.05) is 0 Å². The van der Waals surface area contributed by atoms with Crippen LogP contribution in [0, 0.1) is 12.3 Å². The highest BCUT2D eigenvalue weighted by Crippen LogP contribution is 2.29. The Morgan fingerprint density at radius 3 is 2.83 bits per heavy atom. The molecule has 18 heavy (non-hydrogen) atoms. The van der Waals surface area contributed by atoms with Crippen LogP contribution in [0.5, 0.6) is 0 Å². The fraction of sp³-hybridized carbons (Fsp3) is 0.583.